The zero-order valence-electron chi connectivity index (χ0n) is 13.1. The maximum atomic E-state index is 10.8. The van der Waals surface area contributed by atoms with Gasteiger partial charge >= 0.3 is 0 Å². The van der Waals surface area contributed by atoms with Crippen molar-refractivity contribution in [2.75, 3.05) is 7.11 Å². The summed E-state index contributed by atoms with van der Waals surface area (Å²) in [6.45, 7) is 0. The van der Waals surface area contributed by atoms with Gasteiger partial charge in [0.05, 0.1) is 18.8 Å². The summed E-state index contributed by atoms with van der Waals surface area (Å²) in [5, 5.41) is 0. The van der Waals surface area contributed by atoms with Gasteiger partial charge < -0.3 is 9.47 Å². The van der Waals surface area contributed by atoms with Gasteiger partial charge in [0.15, 0.2) is 11.5 Å². The Morgan fingerprint density at radius 2 is 1.86 bits per heavy atom. The normalized spacial score (nSPS) is 20.6. The Kier molecular flexibility index (Phi) is 4.49. The molecule has 3 rings (SSSR count). The van der Waals surface area contributed by atoms with Gasteiger partial charge in [0.2, 0.25) is 6.08 Å². The molecule has 0 amide bonds. The predicted octanol–water partition coefficient (Wildman–Crippen LogP) is 4.12. The van der Waals surface area contributed by atoms with Crippen LogP contribution < -0.4 is 9.47 Å². The average molecular weight is 301 g/mol. The van der Waals surface area contributed by atoms with E-state index in [-0.39, 0.29) is 0 Å². The molecule has 0 spiro atoms. The number of hydrogen-bond donors (Lipinski definition) is 0. The third-order valence-corrected chi connectivity index (χ3v) is 4.99. The van der Waals surface area contributed by atoms with Crippen LogP contribution in [0.3, 0.4) is 0 Å². The molecule has 0 unspecified atom stereocenters. The topological polar surface area (TPSA) is 47.9 Å². The Bertz CT molecular complexity index is 566. The highest BCUT2D eigenvalue weighted by molar-refractivity contribution is 5.47. The van der Waals surface area contributed by atoms with E-state index in [2.05, 4.69) is 4.99 Å². The summed E-state index contributed by atoms with van der Waals surface area (Å²) >= 11 is 0. The van der Waals surface area contributed by atoms with Gasteiger partial charge in [-0.1, -0.05) is 18.9 Å². The Morgan fingerprint density at radius 3 is 2.50 bits per heavy atom. The van der Waals surface area contributed by atoms with Gasteiger partial charge in [0.1, 0.15) is 0 Å². The van der Waals surface area contributed by atoms with Crippen LogP contribution in [0.1, 0.15) is 56.9 Å². The van der Waals surface area contributed by atoms with E-state index in [0.717, 1.165) is 55.6 Å². The predicted molar refractivity (Wildman–Crippen MR) is 84.1 cm³/mol. The van der Waals surface area contributed by atoms with Gasteiger partial charge in [0, 0.05) is 0 Å². The number of ether oxygens (including phenoxy) is 2. The fourth-order valence-electron chi connectivity index (χ4n) is 3.75. The van der Waals surface area contributed by atoms with Crippen molar-refractivity contribution >= 4 is 6.08 Å². The molecular formula is C18H23NO3. The molecule has 0 N–H and O–H groups in total. The quantitative estimate of drug-likeness (QED) is 0.607. The minimum Gasteiger partial charge on any atom is -0.493 e. The molecule has 1 aromatic rings. The maximum absolute atomic E-state index is 10.8. The molecule has 22 heavy (non-hydrogen) atoms. The molecule has 2 aliphatic rings. The van der Waals surface area contributed by atoms with Crippen LogP contribution in [-0.2, 0) is 10.3 Å². The Balaban J connectivity index is 1.88. The van der Waals surface area contributed by atoms with Crippen LogP contribution >= 0.6 is 0 Å². The molecule has 0 saturated heterocycles. The molecule has 4 nitrogen and oxygen atoms in total. The average Bonchev–Trinajstić information content (AvgIpc) is 3.20. The van der Waals surface area contributed by atoms with Gasteiger partial charge in [0.25, 0.3) is 0 Å². The molecule has 2 saturated carbocycles. The lowest BCUT2D eigenvalue weighted by molar-refractivity contribution is 0.200. The summed E-state index contributed by atoms with van der Waals surface area (Å²) in [5.41, 5.74) is 0.616. The molecule has 0 aromatic heterocycles. The molecule has 0 atom stereocenters. The van der Waals surface area contributed by atoms with E-state index < -0.39 is 5.54 Å². The highest BCUT2D eigenvalue weighted by Gasteiger charge is 2.36. The largest absolute Gasteiger partial charge is 0.493 e. The standard InChI is InChI=1S/C18H23NO3/c1-21-17-12-14(18(19-13-20)10-4-5-11-18)8-9-16(17)22-15-6-2-3-7-15/h8-9,12,15H,2-7,10-11H2,1H3. The van der Waals surface area contributed by atoms with Crippen LogP contribution in [0.4, 0.5) is 0 Å². The van der Waals surface area contributed by atoms with E-state index in [1.54, 1.807) is 13.2 Å². The molecule has 0 radical (unpaired) electrons. The molecule has 0 heterocycles. The van der Waals surface area contributed by atoms with Gasteiger partial charge in [-0.25, -0.2) is 4.79 Å². The van der Waals surface area contributed by atoms with Crippen molar-refractivity contribution in [3.8, 4) is 11.5 Å². The van der Waals surface area contributed by atoms with Gasteiger partial charge in [-0.15, -0.1) is 0 Å². The highest BCUT2D eigenvalue weighted by atomic mass is 16.5. The Hall–Kier alpha value is -1.80. The zero-order chi connectivity index (χ0) is 15.4. The number of nitrogens with zero attached hydrogens (tertiary/aromatic N) is 1. The van der Waals surface area contributed by atoms with E-state index in [1.165, 1.54) is 12.8 Å². The zero-order valence-corrected chi connectivity index (χ0v) is 13.1. The van der Waals surface area contributed by atoms with E-state index in [1.807, 2.05) is 18.2 Å². The van der Waals surface area contributed by atoms with Gasteiger partial charge in [-0.3, -0.25) is 0 Å². The fourth-order valence-corrected chi connectivity index (χ4v) is 3.75. The minimum absolute atomic E-state index is 0.299. The molecule has 2 aliphatic carbocycles. The summed E-state index contributed by atoms with van der Waals surface area (Å²) in [6.07, 6.45) is 10.7. The van der Waals surface area contributed by atoms with E-state index in [9.17, 15) is 4.79 Å². The van der Waals surface area contributed by atoms with Crippen molar-refractivity contribution in [3.63, 3.8) is 0 Å². The lowest BCUT2D eigenvalue weighted by Crippen LogP contribution is -2.19. The number of methoxy groups -OCH3 is 1. The van der Waals surface area contributed by atoms with Crippen LogP contribution in [-0.4, -0.2) is 19.3 Å². The summed E-state index contributed by atoms with van der Waals surface area (Å²) in [5.74, 6) is 1.53. The first-order valence-corrected chi connectivity index (χ1v) is 8.22. The summed E-state index contributed by atoms with van der Waals surface area (Å²) in [7, 11) is 1.66. The molecule has 118 valence electrons. The summed E-state index contributed by atoms with van der Waals surface area (Å²) in [6, 6.07) is 5.97. The van der Waals surface area contributed by atoms with Crippen LogP contribution in [0.25, 0.3) is 0 Å². The minimum atomic E-state index is -0.416. The summed E-state index contributed by atoms with van der Waals surface area (Å²) in [4.78, 5) is 15.0. The van der Waals surface area contributed by atoms with Crippen molar-refractivity contribution in [1.29, 1.82) is 0 Å². The van der Waals surface area contributed by atoms with Crippen molar-refractivity contribution in [3.05, 3.63) is 23.8 Å². The number of isocyanates is 1. The van der Waals surface area contributed by atoms with Crippen molar-refractivity contribution in [2.45, 2.75) is 63.0 Å². The van der Waals surface area contributed by atoms with Gasteiger partial charge in [-0.05, 0) is 56.2 Å². The second kappa shape index (κ2) is 6.53. The Morgan fingerprint density at radius 1 is 1.14 bits per heavy atom. The first-order chi connectivity index (χ1) is 10.8. The number of carbonyl (C=O) groups excluding carboxylic acids is 1. The second-order valence-corrected chi connectivity index (χ2v) is 6.33. The monoisotopic (exact) mass is 301 g/mol. The van der Waals surface area contributed by atoms with Crippen LogP contribution in [0, 0.1) is 0 Å². The lowest BCUT2D eigenvalue weighted by Gasteiger charge is -2.24. The second-order valence-electron chi connectivity index (χ2n) is 6.33. The molecule has 1 aromatic carbocycles. The number of rotatable bonds is 5. The molecule has 0 bridgehead atoms. The van der Waals surface area contributed by atoms with E-state index >= 15 is 0 Å². The molecule has 0 aliphatic heterocycles. The SMILES string of the molecule is COc1cc(C2(N=C=O)CCCC2)ccc1OC1CCCC1. The van der Waals surface area contributed by atoms with E-state index in [0.29, 0.717) is 6.10 Å². The first kappa shape index (κ1) is 15.1. The van der Waals surface area contributed by atoms with Crippen molar-refractivity contribution in [1.82, 2.24) is 0 Å². The molecular weight excluding hydrogens is 278 g/mol. The lowest BCUT2D eigenvalue weighted by atomic mass is 9.88. The third kappa shape index (κ3) is 2.89. The highest BCUT2D eigenvalue weighted by Crippen LogP contribution is 2.44. The smallest absolute Gasteiger partial charge is 0.235 e. The van der Waals surface area contributed by atoms with Crippen molar-refractivity contribution in [2.24, 2.45) is 4.99 Å². The third-order valence-electron chi connectivity index (χ3n) is 4.99. The number of benzene rings is 1. The van der Waals surface area contributed by atoms with E-state index in [4.69, 9.17) is 9.47 Å². The van der Waals surface area contributed by atoms with Crippen LogP contribution in [0.2, 0.25) is 0 Å². The first-order valence-electron chi connectivity index (χ1n) is 8.22. The molecule has 4 heteroatoms. The van der Waals surface area contributed by atoms with Crippen LogP contribution in [0.15, 0.2) is 23.2 Å². The van der Waals surface area contributed by atoms with Crippen LogP contribution in [0.5, 0.6) is 11.5 Å². The van der Waals surface area contributed by atoms with Gasteiger partial charge in [-0.2, -0.15) is 4.99 Å². The molecule has 2 fully saturated rings. The fraction of sp³-hybridized carbons (Fsp3) is 0.611. The van der Waals surface area contributed by atoms with Crippen molar-refractivity contribution < 1.29 is 14.3 Å². The summed E-state index contributed by atoms with van der Waals surface area (Å²) < 4.78 is 11.6. The number of hydrogen-bond acceptors (Lipinski definition) is 4. The Labute approximate surface area is 131 Å². The maximum Gasteiger partial charge on any atom is 0.235 e. The number of aliphatic imine (C=N–C) groups is 1.